The molecule has 1 aliphatic rings. The van der Waals surface area contributed by atoms with Gasteiger partial charge in [-0.3, -0.25) is 4.57 Å². The minimum Gasteiger partial charge on any atom is -0.290 e. The van der Waals surface area contributed by atoms with E-state index in [0.29, 0.717) is 0 Å². The Hall–Kier alpha value is -1.75. The summed E-state index contributed by atoms with van der Waals surface area (Å²) >= 11 is 1.83. The Morgan fingerprint density at radius 3 is 3.16 bits per heavy atom. The molecule has 1 unspecified atom stereocenters. The molecule has 3 aromatic rings. The molecule has 0 saturated carbocycles. The zero-order chi connectivity index (χ0) is 12.8. The van der Waals surface area contributed by atoms with E-state index in [1.807, 2.05) is 22.1 Å². The Morgan fingerprint density at radius 1 is 1.37 bits per heavy atom. The van der Waals surface area contributed by atoms with Gasteiger partial charge in [0, 0.05) is 17.3 Å². The Labute approximate surface area is 115 Å². The molecule has 0 aliphatic heterocycles. The van der Waals surface area contributed by atoms with Crippen LogP contribution in [-0.2, 0) is 12.8 Å². The highest BCUT2D eigenvalue weighted by Crippen LogP contribution is 2.38. The molecule has 4 rings (SSSR count). The van der Waals surface area contributed by atoms with Crippen LogP contribution in [0.3, 0.4) is 0 Å². The zero-order valence-corrected chi connectivity index (χ0v) is 11.5. The van der Waals surface area contributed by atoms with E-state index < -0.39 is 0 Å². The zero-order valence-electron chi connectivity index (χ0n) is 10.7. The molecule has 3 aromatic heterocycles. The summed E-state index contributed by atoms with van der Waals surface area (Å²) in [5.41, 5.74) is 1.46. The van der Waals surface area contributed by atoms with Crippen LogP contribution in [0, 0.1) is 5.92 Å². The minimum atomic E-state index is 0.783. The van der Waals surface area contributed by atoms with Crippen LogP contribution in [0.15, 0.2) is 25.0 Å². The molecule has 1 aliphatic carbocycles. The molecule has 0 spiro atoms. The quantitative estimate of drug-likeness (QED) is 0.682. The van der Waals surface area contributed by atoms with Crippen LogP contribution >= 0.6 is 11.3 Å². The van der Waals surface area contributed by atoms with Gasteiger partial charge in [0.2, 0.25) is 0 Å². The second-order valence-corrected chi connectivity index (χ2v) is 6.28. The molecule has 4 nitrogen and oxygen atoms in total. The highest BCUT2D eigenvalue weighted by atomic mass is 32.1. The van der Waals surface area contributed by atoms with Crippen molar-refractivity contribution in [2.24, 2.45) is 5.92 Å². The van der Waals surface area contributed by atoms with Gasteiger partial charge in [0.05, 0.1) is 5.39 Å². The number of fused-ring (bicyclic) bond motifs is 3. The van der Waals surface area contributed by atoms with Gasteiger partial charge in [0.25, 0.3) is 0 Å². The van der Waals surface area contributed by atoms with Gasteiger partial charge in [-0.1, -0.05) is 6.92 Å². The maximum Gasteiger partial charge on any atom is 0.150 e. The van der Waals surface area contributed by atoms with Crippen LogP contribution in [0.25, 0.3) is 16.0 Å². The van der Waals surface area contributed by atoms with E-state index in [1.54, 1.807) is 18.9 Å². The smallest absolute Gasteiger partial charge is 0.150 e. The molecular weight excluding hydrogens is 256 g/mol. The highest BCUT2D eigenvalue weighted by Gasteiger charge is 2.23. The van der Waals surface area contributed by atoms with Crippen molar-refractivity contribution in [3.05, 3.63) is 35.5 Å². The molecule has 0 saturated heterocycles. The first-order valence-corrected chi connectivity index (χ1v) is 7.38. The fraction of sp³-hybridized carbons (Fsp3) is 0.357. The summed E-state index contributed by atoms with van der Waals surface area (Å²) in [4.78, 5) is 15.6. The van der Waals surface area contributed by atoms with E-state index in [0.717, 1.165) is 23.0 Å². The molecule has 0 aromatic carbocycles. The second-order valence-electron chi connectivity index (χ2n) is 5.20. The predicted molar refractivity (Wildman–Crippen MR) is 75.7 cm³/mol. The van der Waals surface area contributed by atoms with E-state index in [2.05, 4.69) is 21.9 Å². The maximum absolute atomic E-state index is 4.47. The fourth-order valence-corrected chi connectivity index (χ4v) is 4.18. The van der Waals surface area contributed by atoms with Crippen LogP contribution in [-0.4, -0.2) is 19.5 Å². The van der Waals surface area contributed by atoms with Crippen molar-refractivity contribution in [1.29, 1.82) is 0 Å². The molecule has 0 N–H and O–H groups in total. The maximum atomic E-state index is 4.47. The summed E-state index contributed by atoms with van der Waals surface area (Å²) < 4.78 is 1.98. The number of aromatic nitrogens is 4. The van der Waals surface area contributed by atoms with Crippen LogP contribution in [0.2, 0.25) is 0 Å². The number of hydrogen-bond donors (Lipinski definition) is 0. The van der Waals surface area contributed by atoms with Crippen LogP contribution in [0.5, 0.6) is 0 Å². The lowest BCUT2D eigenvalue weighted by Gasteiger charge is -2.18. The summed E-state index contributed by atoms with van der Waals surface area (Å²) in [5, 5.41) is 1.23. The van der Waals surface area contributed by atoms with Crippen LogP contribution in [0.1, 0.15) is 23.8 Å². The summed E-state index contributed by atoms with van der Waals surface area (Å²) in [5.74, 6) is 1.75. The van der Waals surface area contributed by atoms with Gasteiger partial charge in [-0.2, -0.15) is 0 Å². The van der Waals surface area contributed by atoms with E-state index in [1.165, 1.54) is 28.7 Å². The fourth-order valence-electron chi connectivity index (χ4n) is 2.84. The van der Waals surface area contributed by atoms with Crippen molar-refractivity contribution in [3.63, 3.8) is 0 Å². The van der Waals surface area contributed by atoms with Gasteiger partial charge in [-0.15, -0.1) is 11.3 Å². The van der Waals surface area contributed by atoms with Crippen LogP contribution < -0.4 is 0 Å². The van der Waals surface area contributed by atoms with Crippen molar-refractivity contribution in [1.82, 2.24) is 19.5 Å². The van der Waals surface area contributed by atoms with Crippen molar-refractivity contribution < 1.29 is 0 Å². The first kappa shape index (κ1) is 11.1. The molecule has 0 fully saturated rings. The topological polar surface area (TPSA) is 43.6 Å². The van der Waals surface area contributed by atoms with Gasteiger partial charge < -0.3 is 0 Å². The molecule has 0 radical (unpaired) electrons. The third-order valence-electron chi connectivity index (χ3n) is 3.82. The molecule has 19 heavy (non-hydrogen) atoms. The molecule has 0 bridgehead atoms. The number of aryl methyl sites for hydroxylation is 1. The number of thiophene rings is 1. The predicted octanol–water partition coefficient (Wildman–Crippen LogP) is 3.00. The second kappa shape index (κ2) is 4.13. The van der Waals surface area contributed by atoms with Crippen molar-refractivity contribution in [2.45, 2.75) is 26.2 Å². The molecule has 96 valence electrons. The Balaban J connectivity index is 2.00. The number of hydrogen-bond acceptors (Lipinski definition) is 4. The standard InChI is InChI=1S/C14H14N4S/c1-9-2-3-10-11(6-9)19-14-12(10)13(16-7-17-14)18-5-4-15-8-18/h4-5,7-9H,2-3,6H2,1H3. The summed E-state index contributed by atoms with van der Waals surface area (Å²) in [6.07, 6.45) is 10.8. The van der Waals surface area contributed by atoms with Crippen molar-refractivity contribution >= 4 is 21.6 Å². The van der Waals surface area contributed by atoms with E-state index >= 15 is 0 Å². The largest absolute Gasteiger partial charge is 0.290 e. The Morgan fingerprint density at radius 2 is 2.32 bits per heavy atom. The monoisotopic (exact) mass is 270 g/mol. The Kier molecular flexibility index (Phi) is 2.41. The van der Waals surface area contributed by atoms with Gasteiger partial charge in [-0.25, -0.2) is 15.0 Å². The molecule has 1 atom stereocenters. The molecule has 0 amide bonds. The summed E-state index contributed by atoms with van der Waals surface area (Å²) in [7, 11) is 0. The first-order chi connectivity index (χ1) is 9.33. The third-order valence-corrected chi connectivity index (χ3v) is 4.98. The summed E-state index contributed by atoms with van der Waals surface area (Å²) in [6.45, 7) is 2.33. The first-order valence-electron chi connectivity index (χ1n) is 6.56. The van der Waals surface area contributed by atoms with Gasteiger partial charge in [0.1, 0.15) is 23.3 Å². The van der Waals surface area contributed by atoms with Crippen molar-refractivity contribution in [3.8, 4) is 5.82 Å². The SMILES string of the molecule is CC1CCc2c(sc3ncnc(-n4ccnc4)c23)C1. The number of nitrogens with zero attached hydrogens (tertiary/aromatic N) is 4. The molecule has 3 heterocycles. The average Bonchev–Trinajstić information content (AvgIpc) is 3.04. The third kappa shape index (κ3) is 1.69. The van der Waals surface area contributed by atoms with Gasteiger partial charge in [-0.05, 0) is 30.7 Å². The van der Waals surface area contributed by atoms with Gasteiger partial charge in [0.15, 0.2) is 0 Å². The van der Waals surface area contributed by atoms with E-state index in [9.17, 15) is 0 Å². The molecular formula is C14H14N4S. The Bertz CT molecular complexity index is 729. The highest BCUT2D eigenvalue weighted by molar-refractivity contribution is 7.18. The average molecular weight is 270 g/mol. The molecule has 5 heteroatoms. The van der Waals surface area contributed by atoms with Crippen LogP contribution in [0.4, 0.5) is 0 Å². The van der Waals surface area contributed by atoms with E-state index in [-0.39, 0.29) is 0 Å². The normalized spacial score (nSPS) is 18.7. The lowest BCUT2D eigenvalue weighted by Crippen LogP contribution is -2.09. The lowest BCUT2D eigenvalue weighted by molar-refractivity contribution is 0.509. The van der Waals surface area contributed by atoms with E-state index in [4.69, 9.17) is 0 Å². The van der Waals surface area contributed by atoms with Gasteiger partial charge >= 0.3 is 0 Å². The minimum absolute atomic E-state index is 0.783. The number of rotatable bonds is 1. The summed E-state index contributed by atoms with van der Waals surface area (Å²) in [6, 6.07) is 0. The number of imidazole rings is 1. The van der Waals surface area contributed by atoms with Crippen molar-refractivity contribution in [2.75, 3.05) is 0 Å². The lowest BCUT2D eigenvalue weighted by atomic mass is 9.89.